The topological polar surface area (TPSA) is 30.5 Å². The first kappa shape index (κ1) is 18.5. The van der Waals surface area contributed by atoms with Crippen LogP contribution in [0.15, 0.2) is 22.7 Å². The van der Waals surface area contributed by atoms with E-state index < -0.39 is 0 Å². The van der Waals surface area contributed by atoms with E-state index in [0.29, 0.717) is 0 Å². The van der Waals surface area contributed by atoms with Gasteiger partial charge >= 0.3 is 0 Å². The van der Waals surface area contributed by atoms with Crippen molar-refractivity contribution >= 4 is 15.9 Å². The maximum atomic E-state index is 6.14. The Kier molecular flexibility index (Phi) is 7.71. The molecule has 0 aliphatic heterocycles. The molecule has 3 nitrogen and oxygen atoms in total. The molecule has 0 amide bonds. The number of hydrogen-bond acceptors (Lipinski definition) is 3. The number of methoxy groups -OCH3 is 1. The molecule has 1 unspecified atom stereocenters. The molecule has 1 aromatic carbocycles. The maximum absolute atomic E-state index is 6.14. The van der Waals surface area contributed by atoms with Crippen molar-refractivity contribution in [2.75, 3.05) is 20.8 Å². The lowest BCUT2D eigenvalue weighted by molar-refractivity contribution is -0.0704. The van der Waals surface area contributed by atoms with E-state index in [1.54, 1.807) is 7.11 Å². The summed E-state index contributed by atoms with van der Waals surface area (Å²) in [6, 6.07) is 6.37. The Balaban J connectivity index is 3.05. The van der Waals surface area contributed by atoms with Crippen molar-refractivity contribution in [3.63, 3.8) is 0 Å². The van der Waals surface area contributed by atoms with Gasteiger partial charge in [0.2, 0.25) is 0 Å². The molecule has 0 fully saturated rings. The van der Waals surface area contributed by atoms with Crippen LogP contribution in [0.1, 0.15) is 39.2 Å². The van der Waals surface area contributed by atoms with Gasteiger partial charge in [0.25, 0.3) is 0 Å². The van der Waals surface area contributed by atoms with E-state index in [-0.39, 0.29) is 11.6 Å². The Bertz CT molecular complexity index is 433. The van der Waals surface area contributed by atoms with Gasteiger partial charge in [-0.2, -0.15) is 0 Å². The smallest absolute Gasteiger partial charge is 0.119 e. The first-order chi connectivity index (χ1) is 10.1. The molecule has 21 heavy (non-hydrogen) atoms. The second-order valence-corrected chi connectivity index (χ2v) is 6.06. The van der Waals surface area contributed by atoms with Crippen LogP contribution >= 0.6 is 15.9 Å². The van der Waals surface area contributed by atoms with Gasteiger partial charge in [0.1, 0.15) is 5.75 Å². The summed E-state index contributed by atoms with van der Waals surface area (Å²) in [6.07, 6.45) is 2.88. The lowest BCUT2D eigenvalue weighted by Crippen LogP contribution is -2.52. The van der Waals surface area contributed by atoms with E-state index in [1.165, 1.54) is 5.56 Å². The van der Waals surface area contributed by atoms with E-state index in [4.69, 9.17) is 9.47 Å². The van der Waals surface area contributed by atoms with Crippen LogP contribution in [0.25, 0.3) is 0 Å². The minimum absolute atomic E-state index is 0.133. The van der Waals surface area contributed by atoms with Crippen LogP contribution in [-0.2, 0) is 11.2 Å². The third-order valence-corrected chi connectivity index (χ3v) is 5.06. The number of likely N-dealkylation sites (N-methyl/N-ethyl adjacent to an activating group) is 1. The Morgan fingerprint density at radius 2 is 1.90 bits per heavy atom. The second kappa shape index (κ2) is 8.76. The predicted molar refractivity (Wildman–Crippen MR) is 92.2 cm³/mol. The van der Waals surface area contributed by atoms with Gasteiger partial charge in [0, 0.05) is 17.1 Å². The summed E-state index contributed by atoms with van der Waals surface area (Å²) >= 11 is 3.64. The van der Waals surface area contributed by atoms with Crippen molar-refractivity contribution in [3.05, 3.63) is 28.2 Å². The Hall–Kier alpha value is -0.580. The van der Waals surface area contributed by atoms with E-state index >= 15 is 0 Å². The molecule has 1 aromatic rings. The largest absolute Gasteiger partial charge is 0.497 e. The van der Waals surface area contributed by atoms with E-state index in [1.807, 2.05) is 19.2 Å². The van der Waals surface area contributed by atoms with Crippen molar-refractivity contribution in [2.24, 2.45) is 0 Å². The van der Waals surface area contributed by atoms with E-state index in [2.05, 4.69) is 48.1 Å². The van der Waals surface area contributed by atoms with Gasteiger partial charge in [-0.25, -0.2) is 0 Å². The molecule has 1 N–H and O–H groups in total. The van der Waals surface area contributed by atoms with E-state index in [9.17, 15) is 0 Å². The molecule has 0 spiro atoms. The average molecular weight is 358 g/mol. The summed E-state index contributed by atoms with van der Waals surface area (Å²) in [7, 11) is 3.71. The van der Waals surface area contributed by atoms with Crippen molar-refractivity contribution in [1.29, 1.82) is 0 Å². The van der Waals surface area contributed by atoms with Crippen LogP contribution in [0.2, 0.25) is 0 Å². The second-order valence-electron chi connectivity index (χ2n) is 5.21. The zero-order chi connectivity index (χ0) is 15.9. The zero-order valence-electron chi connectivity index (χ0n) is 13.8. The highest BCUT2D eigenvalue weighted by Gasteiger charge is 2.35. The number of benzene rings is 1. The molecule has 0 saturated heterocycles. The van der Waals surface area contributed by atoms with Gasteiger partial charge < -0.3 is 14.8 Å². The fourth-order valence-electron chi connectivity index (χ4n) is 2.94. The summed E-state index contributed by atoms with van der Waals surface area (Å²) in [5.41, 5.74) is 1.10. The number of halogens is 1. The SMILES string of the molecule is CCOC(CC)(CC)C(Cc1cc(OC)ccc1Br)NC. The number of ether oxygens (including phenoxy) is 2. The third kappa shape index (κ3) is 4.44. The Labute approximate surface area is 137 Å². The van der Waals surface area contributed by atoms with Gasteiger partial charge in [-0.1, -0.05) is 29.8 Å². The average Bonchev–Trinajstić information content (AvgIpc) is 2.52. The fraction of sp³-hybridized carbons (Fsp3) is 0.647. The minimum Gasteiger partial charge on any atom is -0.497 e. The zero-order valence-corrected chi connectivity index (χ0v) is 15.4. The van der Waals surface area contributed by atoms with Crippen LogP contribution in [0.4, 0.5) is 0 Å². The summed E-state index contributed by atoms with van der Waals surface area (Å²) < 4.78 is 12.6. The van der Waals surface area contributed by atoms with Crippen molar-refractivity contribution < 1.29 is 9.47 Å². The standard InChI is InChI=1S/C17H28BrNO2/c1-6-17(7-2,21-8-3)16(19-4)12-13-11-14(20-5)9-10-15(13)18/h9-11,16,19H,6-8,12H2,1-5H3. The normalized spacial score (nSPS) is 13.2. The fourth-order valence-corrected chi connectivity index (χ4v) is 3.35. The molecule has 1 rings (SSSR count). The van der Waals surface area contributed by atoms with Crippen molar-refractivity contribution in [1.82, 2.24) is 5.32 Å². The van der Waals surface area contributed by atoms with Gasteiger partial charge in [-0.05, 0) is 57.0 Å². The number of nitrogens with one attached hydrogen (secondary N) is 1. The van der Waals surface area contributed by atoms with Crippen molar-refractivity contribution in [2.45, 2.75) is 51.7 Å². The molecule has 4 heteroatoms. The lowest BCUT2D eigenvalue weighted by Gasteiger charge is -2.39. The van der Waals surface area contributed by atoms with Crippen molar-refractivity contribution in [3.8, 4) is 5.75 Å². The monoisotopic (exact) mass is 357 g/mol. The molecule has 0 aliphatic carbocycles. The highest BCUT2D eigenvalue weighted by molar-refractivity contribution is 9.10. The van der Waals surface area contributed by atoms with Gasteiger partial charge in [-0.3, -0.25) is 0 Å². The van der Waals surface area contributed by atoms with Crippen LogP contribution in [0, 0.1) is 0 Å². The molecule has 0 radical (unpaired) electrons. The van der Waals surface area contributed by atoms with Gasteiger partial charge in [0.15, 0.2) is 0 Å². The van der Waals surface area contributed by atoms with Crippen LogP contribution in [0.3, 0.4) is 0 Å². The number of hydrogen-bond donors (Lipinski definition) is 1. The molecule has 0 bridgehead atoms. The molecule has 0 saturated carbocycles. The Morgan fingerprint density at radius 3 is 2.38 bits per heavy atom. The highest BCUT2D eigenvalue weighted by atomic mass is 79.9. The molecule has 120 valence electrons. The van der Waals surface area contributed by atoms with Crippen LogP contribution in [0.5, 0.6) is 5.75 Å². The first-order valence-corrected chi connectivity index (χ1v) is 8.49. The minimum atomic E-state index is -0.133. The molecule has 0 aliphatic rings. The quantitative estimate of drug-likeness (QED) is 0.718. The molecular formula is C17H28BrNO2. The summed E-state index contributed by atoms with van der Waals surface area (Å²) in [5, 5.41) is 3.46. The van der Waals surface area contributed by atoms with E-state index in [0.717, 1.165) is 36.1 Å². The molecule has 1 atom stereocenters. The molecule has 0 aromatic heterocycles. The van der Waals surface area contributed by atoms with Gasteiger partial charge in [0.05, 0.1) is 12.7 Å². The van der Waals surface area contributed by atoms with Crippen LogP contribution < -0.4 is 10.1 Å². The first-order valence-electron chi connectivity index (χ1n) is 7.70. The summed E-state index contributed by atoms with van der Waals surface area (Å²) in [4.78, 5) is 0. The van der Waals surface area contributed by atoms with Gasteiger partial charge in [-0.15, -0.1) is 0 Å². The maximum Gasteiger partial charge on any atom is 0.119 e. The third-order valence-electron chi connectivity index (χ3n) is 4.29. The highest BCUT2D eigenvalue weighted by Crippen LogP contribution is 2.30. The summed E-state index contributed by atoms with van der Waals surface area (Å²) in [5.74, 6) is 0.887. The summed E-state index contributed by atoms with van der Waals surface area (Å²) in [6.45, 7) is 7.20. The predicted octanol–water partition coefficient (Wildman–Crippen LogP) is 4.18. The molecule has 0 heterocycles. The molecular weight excluding hydrogens is 330 g/mol. The lowest BCUT2D eigenvalue weighted by atomic mass is 9.84. The van der Waals surface area contributed by atoms with Crippen LogP contribution in [-0.4, -0.2) is 32.4 Å². The number of rotatable bonds is 9. The Morgan fingerprint density at radius 1 is 1.24 bits per heavy atom.